The Morgan fingerprint density at radius 2 is 1.81 bits per heavy atom. The molecular formula is C38H41N3O7. The van der Waals surface area contributed by atoms with Gasteiger partial charge in [-0.05, 0) is 47.7 Å². The standard InChI is InChI=1S/C38H41N3O7/c1-3-5-15-31(43)39-24-30(26-12-7-6-8-13-26)47-37(46)32-29-18-19-38(48-29)33(32)35(44)41(21-22-42)34(38)36(45)40(20-4-2)28-17-16-25-11-9-10-14-27(25)23-28/h3-4,6-14,16-17,23,29-30,32-34,42H,1-2,5,15,18-22,24H2,(H,39,43)/t29-,30+,32+,33+,34-,38+/m1/s1. The molecule has 6 atom stereocenters. The SMILES string of the molecule is C=CCCC(=O)NC[C@H](OC(=O)[C@@H]1[C@H]2C(=O)N(CCO)[C@H](C(=O)N(CC=C)c3ccc4ccccc4c3)[C@]23CC[C@H]1O3)c1ccccc1. The quantitative estimate of drug-likeness (QED) is 0.199. The number of hydrogen-bond acceptors (Lipinski definition) is 7. The summed E-state index contributed by atoms with van der Waals surface area (Å²) in [4.78, 5) is 58.3. The van der Waals surface area contributed by atoms with Crippen molar-refractivity contribution < 1.29 is 33.8 Å². The van der Waals surface area contributed by atoms with Crippen LogP contribution in [0, 0.1) is 11.8 Å². The number of fused-ring (bicyclic) bond motifs is 2. The molecule has 0 saturated carbocycles. The van der Waals surface area contributed by atoms with Crippen molar-refractivity contribution in [1.82, 2.24) is 10.2 Å². The largest absolute Gasteiger partial charge is 0.455 e. The van der Waals surface area contributed by atoms with Gasteiger partial charge in [0.1, 0.15) is 17.7 Å². The molecule has 250 valence electrons. The van der Waals surface area contributed by atoms with Crippen molar-refractivity contribution in [2.75, 3.05) is 31.1 Å². The molecule has 3 fully saturated rings. The molecule has 48 heavy (non-hydrogen) atoms. The number of rotatable bonds is 14. The van der Waals surface area contributed by atoms with E-state index in [4.69, 9.17) is 9.47 Å². The number of amides is 3. The molecule has 0 aliphatic carbocycles. The Kier molecular flexibility index (Phi) is 9.75. The minimum absolute atomic E-state index is 0.0494. The summed E-state index contributed by atoms with van der Waals surface area (Å²) in [6, 6.07) is 21.6. The molecule has 6 rings (SSSR count). The number of β-amino-alcohol motifs (C(OH)–C–C–N with tert-alkyl or cyclic N) is 1. The molecule has 3 aliphatic heterocycles. The Morgan fingerprint density at radius 3 is 2.54 bits per heavy atom. The van der Waals surface area contributed by atoms with Crippen LogP contribution in [0.15, 0.2) is 98.1 Å². The number of benzene rings is 3. The third-order valence-corrected chi connectivity index (χ3v) is 9.76. The molecule has 3 saturated heterocycles. The molecular weight excluding hydrogens is 610 g/mol. The zero-order chi connectivity index (χ0) is 33.8. The van der Waals surface area contributed by atoms with E-state index in [9.17, 15) is 24.3 Å². The predicted molar refractivity (Wildman–Crippen MR) is 181 cm³/mol. The molecule has 0 aromatic heterocycles. The summed E-state index contributed by atoms with van der Waals surface area (Å²) in [6.07, 6.45) is 3.50. The smallest absolute Gasteiger partial charge is 0.313 e. The summed E-state index contributed by atoms with van der Waals surface area (Å²) < 4.78 is 12.7. The van der Waals surface area contributed by atoms with E-state index >= 15 is 0 Å². The summed E-state index contributed by atoms with van der Waals surface area (Å²) in [5.74, 6) is -3.53. The van der Waals surface area contributed by atoms with E-state index in [0.29, 0.717) is 30.5 Å². The number of anilines is 1. The van der Waals surface area contributed by atoms with E-state index in [0.717, 1.165) is 10.8 Å². The minimum atomic E-state index is -1.27. The number of likely N-dealkylation sites (tertiary alicyclic amines) is 1. The van der Waals surface area contributed by atoms with Crippen molar-refractivity contribution in [2.24, 2.45) is 11.8 Å². The van der Waals surface area contributed by atoms with Gasteiger partial charge in [0.05, 0.1) is 31.1 Å². The van der Waals surface area contributed by atoms with Gasteiger partial charge in [-0.25, -0.2) is 0 Å². The molecule has 2 bridgehead atoms. The average Bonchev–Trinajstić information content (AvgIpc) is 3.75. The van der Waals surface area contributed by atoms with Crippen LogP contribution in [0.2, 0.25) is 0 Å². The Hall–Kier alpha value is -4.80. The first kappa shape index (κ1) is 33.1. The molecule has 3 aliphatic rings. The zero-order valence-corrected chi connectivity index (χ0v) is 26.8. The summed E-state index contributed by atoms with van der Waals surface area (Å²) in [6.45, 7) is 7.30. The summed E-state index contributed by atoms with van der Waals surface area (Å²) in [5.41, 5.74) is 0.0609. The molecule has 3 heterocycles. The van der Waals surface area contributed by atoms with Crippen LogP contribution in [0.4, 0.5) is 5.69 Å². The number of carbonyl (C=O) groups excluding carboxylic acids is 4. The topological polar surface area (TPSA) is 125 Å². The van der Waals surface area contributed by atoms with Crippen molar-refractivity contribution in [3.05, 3.63) is 104 Å². The number of esters is 1. The number of allylic oxidation sites excluding steroid dienone is 1. The van der Waals surface area contributed by atoms with Crippen LogP contribution >= 0.6 is 0 Å². The van der Waals surface area contributed by atoms with Crippen LogP contribution < -0.4 is 10.2 Å². The summed E-state index contributed by atoms with van der Waals surface area (Å²) in [7, 11) is 0. The lowest BCUT2D eigenvalue weighted by molar-refractivity contribution is -0.160. The molecule has 3 aromatic rings. The van der Waals surface area contributed by atoms with Gasteiger partial charge in [0, 0.05) is 25.2 Å². The van der Waals surface area contributed by atoms with Crippen molar-refractivity contribution >= 4 is 40.2 Å². The Morgan fingerprint density at radius 1 is 1.06 bits per heavy atom. The first-order valence-electron chi connectivity index (χ1n) is 16.5. The third kappa shape index (κ3) is 6.02. The highest BCUT2D eigenvalue weighted by molar-refractivity contribution is 6.05. The van der Waals surface area contributed by atoms with Gasteiger partial charge in [0.15, 0.2) is 0 Å². The fourth-order valence-corrected chi connectivity index (χ4v) is 7.63. The van der Waals surface area contributed by atoms with Crippen molar-refractivity contribution in [2.45, 2.75) is 49.5 Å². The number of ether oxygens (including phenoxy) is 2. The molecule has 10 nitrogen and oxygen atoms in total. The van der Waals surface area contributed by atoms with Gasteiger partial charge in [0.2, 0.25) is 11.8 Å². The van der Waals surface area contributed by atoms with Crippen LogP contribution in [0.5, 0.6) is 0 Å². The van der Waals surface area contributed by atoms with Gasteiger partial charge in [-0.3, -0.25) is 19.2 Å². The number of nitrogens with zero attached hydrogens (tertiary/aromatic N) is 2. The molecule has 0 radical (unpaired) electrons. The van der Waals surface area contributed by atoms with Crippen LogP contribution in [0.1, 0.15) is 37.4 Å². The van der Waals surface area contributed by atoms with Crippen LogP contribution in [0.3, 0.4) is 0 Å². The van der Waals surface area contributed by atoms with E-state index in [-0.39, 0.29) is 44.5 Å². The first-order valence-corrected chi connectivity index (χ1v) is 16.5. The van der Waals surface area contributed by atoms with E-state index in [2.05, 4.69) is 18.5 Å². The van der Waals surface area contributed by atoms with E-state index < -0.39 is 47.6 Å². The minimum Gasteiger partial charge on any atom is -0.455 e. The molecule has 2 N–H and O–H groups in total. The van der Waals surface area contributed by atoms with Gasteiger partial charge in [-0.15, -0.1) is 13.2 Å². The van der Waals surface area contributed by atoms with Crippen LogP contribution in [-0.2, 0) is 28.7 Å². The lowest BCUT2D eigenvalue weighted by Gasteiger charge is -2.36. The van der Waals surface area contributed by atoms with Gasteiger partial charge in [-0.1, -0.05) is 72.8 Å². The number of hydrogen-bond donors (Lipinski definition) is 2. The second kappa shape index (κ2) is 14.1. The monoisotopic (exact) mass is 651 g/mol. The Balaban J connectivity index is 1.29. The molecule has 3 amide bonds. The maximum Gasteiger partial charge on any atom is 0.313 e. The van der Waals surface area contributed by atoms with Gasteiger partial charge in [-0.2, -0.15) is 0 Å². The first-order chi connectivity index (χ1) is 23.3. The highest BCUT2D eigenvalue weighted by atomic mass is 16.6. The highest BCUT2D eigenvalue weighted by Crippen LogP contribution is 2.59. The zero-order valence-electron chi connectivity index (χ0n) is 26.8. The second-order valence-electron chi connectivity index (χ2n) is 12.5. The molecule has 3 aromatic carbocycles. The van der Waals surface area contributed by atoms with Gasteiger partial charge >= 0.3 is 5.97 Å². The fraction of sp³-hybridized carbons (Fsp3) is 0.368. The molecule has 1 spiro atoms. The number of aliphatic hydroxyl groups excluding tert-OH is 1. The van der Waals surface area contributed by atoms with Crippen molar-refractivity contribution in [3.63, 3.8) is 0 Å². The Labute approximate surface area is 280 Å². The van der Waals surface area contributed by atoms with E-state index in [1.165, 1.54) is 4.90 Å². The maximum absolute atomic E-state index is 14.7. The normalized spacial score (nSPS) is 24.6. The molecule has 0 unspecified atom stereocenters. The lowest BCUT2D eigenvalue weighted by Crippen LogP contribution is -2.56. The van der Waals surface area contributed by atoms with E-state index in [1.54, 1.807) is 17.1 Å². The molecule has 10 heteroatoms. The van der Waals surface area contributed by atoms with Crippen molar-refractivity contribution in [3.8, 4) is 0 Å². The maximum atomic E-state index is 14.7. The number of aliphatic hydroxyl groups is 1. The fourth-order valence-electron chi connectivity index (χ4n) is 7.63. The van der Waals surface area contributed by atoms with Gasteiger partial charge < -0.3 is 29.7 Å². The summed E-state index contributed by atoms with van der Waals surface area (Å²) >= 11 is 0. The summed E-state index contributed by atoms with van der Waals surface area (Å²) in [5, 5.41) is 14.8. The van der Waals surface area contributed by atoms with Crippen LogP contribution in [0.25, 0.3) is 10.8 Å². The average molecular weight is 652 g/mol. The predicted octanol–water partition coefficient (Wildman–Crippen LogP) is 4.09. The third-order valence-electron chi connectivity index (χ3n) is 9.76. The Bertz CT molecular complexity index is 1710. The van der Waals surface area contributed by atoms with Crippen LogP contribution in [-0.4, -0.2) is 77.7 Å². The van der Waals surface area contributed by atoms with Crippen molar-refractivity contribution in [1.29, 1.82) is 0 Å². The number of carbonyl (C=O) groups is 4. The highest BCUT2D eigenvalue weighted by Gasteiger charge is 2.75. The van der Waals surface area contributed by atoms with Gasteiger partial charge in [0.25, 0.3) is 5.91 Å². The number of nitrogens with one attached hydrogen (secondary N) is 1. The van der Waals surface area contributed by atoms with E-state index in [1.807, 2.05) is 72.8 Å². The lowest BCUT2D eigenvalue weighted by atomic mass is 9.70. The second-order valence-corrected chi connectivity index (χ2v) is 12.5.